The maximum Gasteiger partial charge on any atom is 0.0208 e. The number of nitrogens with one attached hydrogen (secondary N) is 1. The Kier molecular flexibility index (Phi) is 5.05. The fraction of sp³-hybridized carbons (Fsp3) is 0.600. The van der Waals surface area contributed by atoms with Crippen molar-refractivity contribution in [2.24, 2.45) is 5.92 Å². The molecule has 1 saturated carbocycles. The van der Waals surface area contributed by atoms with E-state index in [0.717, 1.165) is 23.0 Å². The molecule has 0 radical (unpaired) electrons. The average Bonchev–Trinajstić information content (AvgIpc) is 2.38. The van der Waals surface area contributed by atoms with Gasteiger partial charge in [-0.1, -0.05) is 54.2 Å². The maximum absolute atomic E-state index is 3.74. The average molecular weight is 296 g/mol. The lowest BCUT2D eigenvalue weighted by atomic mass is 9.83. The topological polar surface area (TPSA) is 12.0 Å². The van der Waals surface area contributed by atoms with Crippen LogP contribution in [0, 0.1) is 5.92 Å². The molecular weight excluding hydrogens is 274 g/mol. The van der Waals surface area contributed by atoms with Crippen molar-refractivity contribution in [1.29, 1.82) is 0 Å². The first kappa shape index (κ1) is 13.1. The minimum absolute atomic E-state index is 0.734. The molecule has 1 fully saturated rings. The highest BCUT2D eigenvalue weighted by molar-refractivity contribution is 9.10. The summed E-state index contributed by atoms with van der Waals surface area (Å²) in [5, 5.41) is 3.74. The van der Waals surface area contributed by atoms with E-state index in [0.29, 0.717) is 0 Å². The molecule has 0 bridgehead atoms. The predicted octanol–water partition coefficient (Wildman–Crippen LogP) is 4.51. The zero-order valence-electron chi connectivity index (χ0n) is 10.6. The van der Waals surface area contributed by atoms with Crippen LogP contribution < -0.4 is 5.32 Å². The second kappa shape index (κ2) is 6.55. The number of halogens is 1. The molecule has 1 aromatic rings. The van der Waals surface area contributed by atoms with Crippen LogP contribution >= 0.6 is 15.9 Å². The van der Waals surface area contributed by atoms with Gasteiger partial charge in [0.05, 0.1) is 0 Å². The van der Waals surface area contributed by atoms with Gasteiger partial charge in [0.2, 0.25) is 0 Å². The van der Waals surface area contributed by atoms with E-state index >= 15 is 0 Å². The van der Waals surface area contributed by atoms with E-state index < -0.39 is 0 Å². The van der Waals surface area contributed by atoms with Gasteiger partial charge >= 0.3 is 0 Å². The minimum Gasteiger partial charge on any atom is -0.310 e. The van der Waals surface area contributed by atoms with Gasteiger partial charge in [-0.05, 0) is 36.5 Å². The van der Waals surface area contributed by atoms with Crippen LogP contribution in [0.1, 0.15) is 44.6 Å². The highest BCUT2D eigenvalue weighted by Gasteiger charge is 2.22. The summed E-state index contributed by atoms with van der Waals surface area (Å²) in [5.74, 6) is 0.888. The van der Waals surface area contributed by atoms with Gasteiger partial charge in [-0.15, -0.1) is 0 Å². The summed E-state index contributed by atoms with van der Waals surface area (Å²) >= 11 is 3.47. The summed E-state index contributed by atoms with van der Waals surface area (Å²) < 4.78 is 1.16. The molecule has 94 valence electrons. The first-order valence-corrected chi connectivity index (χ1v) is 7.56. The monoisotopic (exact) mass is 295 g/mol. The van der Waals surface area contributed by atoms with Crippen molar-refractivity contribution >= 4 is 15.9 Å². The summed E-state index contributed by atoms with van der Waals surface area (Å²) in [5.41, 5.74) is 1.38. The number of hydrogen-bond donors (Lipinski definition) is 1. The van der Waals surface area contributed by atoms with E-state index in [1.54, 1.807) is 0 Å². The SMILES string of the molecule is CCC1CCCCC1NCc1ccc(Br)cc1. The van der Waals surface area contributed by atoms with E-state index in [1.807, 2.05) is 0 Å². The number of rotatable bonds is 4. The van der Waals surface area contributed by atoms with E-state index in [2.05, 4.69) is 52.4 Å². The Balaban J connectivity index is 1.86. The van der Waals surface area contributed by atoms with Crippen molar-refractivity contribution in [1.82, 2.24) is 5.32 Å². The van der Waals surface area contributed by atoms with Crippen LogP contribution in [-0.4, -0.2) is 6.04 Å². The van der Waals surface area contributed by atoms with E-state index in [1.165, 1.54) is 37.7 Å². The lowest BCUT2D eigenvalue weighted by molar-refractivity contribution is 0.254. The molecule has 1 aliphatic rings. The Bertz CT molecular complexity index is 333. The Hall–Kier alpha value is -0.340. The van der Waals surface area contributed by atoms with Gasteiger partial charge < -0.3 is 5.32 Å². The van der Waals surface area contributed by atoms with Crippen molar-refractivity contribution in [3.63, 3.8) is 0 Å². The summed E-state index contributed by atoms with van der Waals surface area (Å²) in [4.78, 5) is 0. The minimum atomic E-state index is 0.734. The summed E-state index contributed by atoms with van der Waals surface area (Å²) in [6, 6.07) is 9.36. The molecule has 0 heterocycles. The molecule has 1 nitrogen and oxygen atoms in total. The highest BCUT2D eigenvalue weighted by Crippen LogP contribution is 2.27. The third-order valence-corrected chi connectivity index (χ3v) is 4.44. The molecule has 0 spiro atoms. The van der Waals surface area contributed by atoms with Crippen LogP contribution in [0.3, 0.4) is 0 Å². The number of hydrogen-bond acceptors (Lipinski definition) is 1. The van der Waals surface area contributed by atoms with Crippen LogP contribution in [-0.2, 0) is 6.54 Å². The van der Waals surface area contributed by atoms with Crippen molar-refractivity contribution in [3.8, 4) is 0 Å². The van der Waals surface area contributed by atoms with Gasteiger partial charge in [-0.2, -0.15) is 0 Å². The van der Waals surface area contributed by atoms with Crippen molar-refractivity contribution in [3.05, 3.63) is 34.3 Å². The molecule has 0 amide bonds. The first-order chi connectivity index (χ1) is 8.29. The molecule has 1 aliphatic carbocycles. The summed E-state index contributed by atoms with van der Waals surface area (Å²) in [6.45, 7) is 3.33. The summed E-state index contributed by atoms with van der Waals surface area (Å²) in [6.07, 6.45) is 6.91. The van der Waals surface area contributed by atoms with Crippen molar-refractivity contribution in [2.75, 3.05) is 0 Å². The maximum atomic E-state index is 3.74. The van der Waals surface area contributed by atoms with E-state index in [4.69, 9.17) is 0 Å². The zero-order chi connectivity index (χ0) is 12.1. The molecule has 0 saturated heterocycles. The molecule has 1 aromatic carbocycles. The van der Waals surface area contributed by atoms with Gasteiger partial charge in [0.1, 0.15) is 0 Å². The molecule has 17 heavy (non-hydrogen) atoms. The molecule has 1 N–H and O–H groups in total. The fourth-order valence-electron chi connectivity index (χ4n) is 2.82. The zero-order valence-corrected chi connectivity index (χ0v) is 12.2. The molecular formula is C15H22BrN. The second-order valence-corrected chi connectivity index (χ2v) is 5.98. The normalized spacial score (nSPS) is 24.8. The third kappa shape index (κ3) is 3.82. The molecule has 0 aliphatic heterocycles. The largest absolute Gasteiger partial charge is 0.310 e. The molecule has 0 aromatic heterocycles. The summed E-state index contributed by atoms with van der Waals surface area (Å²) in [7, 11) is 0. The van der Waals surface area contributed by atoms with Crippen LogP contribution in [0.5, 0.6) is 0 Å². The van der Waals surface area contributed by atoms with Crippen molar-refractivity contribution < 1.29 is 0 Å². The Labute approximate surface area is 113 Å². The van der Waals surface area contributed by atoms with Gasteiger partial charge in [-0.25, -0.2) is 0 Å². The van der Waals surface area contributed by atoms with Crippen molar-refractivity contribution in [2.45, 2.75) is 51.6 Å². The fourth-order valence-corrected chi connectivity index (χ4v) is 3.08. The van der Waals surface area contributed by atoms with E-state index in [9.17, 15) is 0 Å². The lowest BCUT2D eigenvalue weighted by Crippen LogP contribution is -2.37. The Morgan fingerprint density at radius 3 is 2.59 bits per heavy atom. The molecule has 2 unspecified atom stereocenters. The van der Waals surface area contributed by atoms with Gasteiger partial charge in [-0.3, -0.25) is 0 Å². The molecule has 2 rings (SSSR count). The second-order valence-electron chi connectivity index (χ2n) is 5.07. The third-order valence-electron chi connectivity index (χ3n) is 3.92. The van der Waals surface area contributed by atoms with Crippen LogP contribution in [0.25, 0.3) is 0 Å². The van der Waals surface area contributed by atoms with Gasteiger partial charge in [0.15, 0.2) is 0 Å². The first-order valence-electron chi connectivity index (χ1n) is 6.77. The van der Waals surface area contributed by atoms with Crippen LogP contribution in [0.4, 0.5) is 0 Å². The van der Waals surface area contributed by atoms with Gasteiger partial charge in [0, 0.05) is 17.1 Å². The standard InChI is InChI=1S/C15H22BrN/c1-2-13-5-3-4-6-15(13)17-11-12-7-9-14(16)10-8-12/h7-10,13,15,17H,2-6,11H2,1H3. The quantitative estimate of drug-likeness (QED) is 0.862. The Morgan fingerprint density at radius 1 is 1.18 bits per heavy atom. The van der Waals surface area contributed by atoms with Crippen LogP contribution in [0.15, 0.2) is 28.7 Å². The highest BCUT2D eigenvalue weighted by atomic mass is 79.9. The smallest absolute Gasteiger partial charge is 0.0208 e. The predicted molar refractivity (Wildman–Crippen MR) is 77.0 cm³/mol. The number of benzene rings is 1. The van der Waals surface area contributed by atoms with Crippen LogP contribution in [0.2, 0.25) is 0 Å². The lowest BCUT2D eigenvalue weighted by Gasteiger charge is -2.31. The molecule has 2 heteroatoms. The Morgan fingerprint density at radius 2 is 1.88 bits per heavy atom. The van der Waals surface area contributed by atoms with E-state index in [-0.39, 0.29) is 0 Å². The molecule has 2 atom stereocenters. The van der Waals surface area contributed by atoms with Gasteiger partial charge in [0.25, 0.3) is 0 Å².